The number of carbonyl (C=O) groups is 1. The predicted octanol–water partition coefficient (Wildman–Crippen LogP) is 1.70. The maximum absolute atomic E-state index is 12.6. The number of rotatable bonds is 2. The van der Waals surface area contributed by atoms with Crippen molar-refractivity contribution in [2.75, 3.05) is 25.5 Å². The lowest BCUT2D eigenvalue weighted by molar-refractivity contribution is 0.0619. The summed E-state index contributed by atoms with van der Waals surface area (Å²) in [7, 11) is 3.96. The second-order valence-corrected chi connectivity index (χ2v) is 5.58. The molecule has 0 spiro atoms. The van der Waals surface area contributed by atoms with E-state index in [0.717, 1.165) is 30.6 Å². The Morgan fingerprint density at radius 3 is 2.79 bits per heavy atom. The van der Waals surface area contributed by atoms with Gasteiger partial charge in [0, 0.05) is 44.0 Å². The number of nitrogens with zero attached hydrogens (tertiary/aromatic N) is 2. The maximum Gasteiger partial charge on any atom is 0.254 e. The monoisotopic (exact) mass is 261 g/mol. The van der Waals surface area contributed by atoms with Crippen molar-refractivity contribution < 1.29 is 4.79 Å². The van der Waals surface area contributed by atoms with E-state index in [2.05, 4.69) is 6.92 Å². The molecule has 2 unspecified atom stereocenters. The zero-order chi connectivity index (χ0) is 14.0. The number of nitrogens with two attached hydrogens (primary N) is 1. The molecule has 2 atom stereocenters. The Labute approximate surface area is 115 Å². The van der Waals surface area contributed by atoms with E-state index < -0.39 is 0 Å². The minimum atomic E-state index is 0.114. The zero-order valence-electron chi connectivity index (χ0n) is 12.0. The number of amides is 1. The lowest BCUT2D eigenvalue weighted by atomic mass is 9.98. The second-order valence-electron chi connectivity index (χ2n) is 5.58. The third-order valence-corrected chi connectivity index (χ3v) is 3.79. The van der Waals surface area contributed by atoms with E-state index in [1.807, 2.05) is 48.2 Å². The van der Waals surface area contributed by atoms with E-state index in [-0.39, 0.29) is 18.0 Å². The topological polar surface area (TPSA) is 49.6 Å². The Morgan fingerprint density at radius 1 is 1.42 bits per heavy atom. The third kappa shape index (κ3) is 3.07. The van der Waals surface area contributed by atoms with Crippen LogP contribution in [0.1, 0.15) is 30.1 Å². The Balaban J connectivity index is 2.17. The highest BCUT2D eigenvalue weighted by Gasteiger charge is 2.27. The lowest BCUT2D eigenvalue weighted by Crippen LogP contribution is -2.48. The number of hydrogen-bond donors (Lipinski definition) is 1. The average molecular weight is 261 g/mol. The van der Waals surface area contributed by atoms with Gasteiger partial charge in [0.1, 0.15) is 0 Å². The molecule has 1 aliphatic rings. The van der Waals surface area contributed by atoms with Crippen molar-refractivity contribution in [2.45, 2.75) is 31.8 Å². The second kappa shape index (κ2) is 5.61. The summed E-state index contributed by atoms with van der Waals surface area (Å²) in [4.78, 5) is 16.5. The van der Waals surface area contributed by atoms with Crippen LogP contribution in [0.25, 0.3) is 0 Å². The average Bonchev–Trinajstić information content (AvgIpc) is 2.38. The van der Waals surface area contributed by atoms with Crippen molar-refractivity contribution in [2.24, 2.45) is 5.73 Å². The van der Waals surface area contributed by atoms with Crippen LogP contribution in [0.5, 0.6) is 0 Å². The van der Waals surface area contributed by atoms with Gasteiger partial charge in [-0.05, 0) is 38.0 Å². The fraction of sp³-hybridized carbons (Fsp3) is 0.533. The minimum absolute atomic E-state index is 0.114. The van der Waals surface area contributed by atoms with Crippen LogP contribution in [0.2, 0.25) is 0 Å². The summed E-state index contributed by atoms with van der Waals surface area (Å²) in [6.45, 7) is 2.83. The van der Waals surface area contributed by atoms with Crippen LogP contribution in [0.15, 0.2) is 24.3 Å². The first-order valence-electron chi connectivity index (χ1n) is 6.83. The molecule has 1 amide bonds. The van der Waals surface area contributed by atoms with Gasteiger partial charge in [-0.3, -0.25) is 4.79 Å². The van der Waals surface area contributed by atoms with Crippen LogP contribution in [0, 0.1) is 0 Å². The summed E-state index contributed by atoms with van der Waals surface area (Å²) in [5.74, 6) is 0.114. The predicted molar refractivity (Wildman–Crippen MR) is 78.5 cm³/mol. The van der Waals surface area contributed by atoms with Crippen LogP contribution in [-0.2, 0) is 0 Å². The molecule has 1 fully saturated rings. The molecule has 1 heterocycles. The molecule has 0 aromatic heterocycles. The largest absolute Gasteiger partial charge is 0.378 e. The van der Waals surface area contributed by atoms with E-state index >= 15 is 0 Å². The van der Waals surface area contributed by atoms with Crippen LogP contribution >= 0.6 is 0 Å². The van der Waals surface area contributed by atoms with Gasteiger partial charge in [-0.2, -0.15) is 0 Å². The summed E-state index contributed by atoms with van der Waals surface area (Å²) in [6, 6.07) is 8.22. The molecule has 104 valence electrons. The van der Waals surface area contributed by atoms with Gasteiger partial charge in [0.25, 0.3) is 5.91 Å². The molecule has 0 saturated carbocycles. The Morgan fingerprint density at radius 2 is 2.16 bits per heavy atom. The Hall–Kier alpha value is -1.55. The SMILES string of the molecule is CC1CC(N)CCN1C(=O)c1cccc(N(C)C)c1. The van der Waals surface area contributed by atoms with Gasteiger partial charge in [-0.25, -0.2) is 0 Å². The summed E-state index contributed by atoms with van der Waals surface area (Å²) < 4.78 is 0. The fourth-order valence-electron chi connectivity index (χ4n) is 2.59. The Kier molecular flexibility index (Phi) is 4.10. The first-order valence-corrected chi connectivity index (χ1v) is 6.83. The summed E-state index contributed by atoms with van der Waals surface area (Å²) in [6.07, 6.45) is 1.78. The van der Waals surface area contributed by atoms with Gasteiger partial charge in [-0.15, -0.1) is 0 Å². The van der Waals surface area contributed by atoms with Gasteiger partial charge < -0.3 is 15.5 Å². The molecule has 0 aliphatic carbocycles. The van der Waals surface area contributed by atoms with Crippen molar-refractivity contribution in [3.05, 3.63) is 29.8 Å². The molecule has 4 heteroatoms. The first kappa shape index (κ1) is 13.9. The molecule has 0 radical (unpaired) electrons. The summed E-state index contributed by atoms with van der Waals surface area (Å²) >= 11 is 0. The smallest absolute Gasteiger partial charge is 0.254 e. The van der Waals surface area contributed by atoms with Crippen molar-refractivity contribution in [3.8, 4) is 0 Å². The van der Waals surface area contributed by atoms with Gasteiger partial charge >= 0.3 is 0 Å². The van der Waals surface area contributed by atoms with Crippen LogP contribution in [0.3, 0.4) is 0 Å². The zero-order valence-corrected chi connectivity index (χ0v) is 12.0. The number of likely N-dealkylation sites (tertiary alicyclic amines) is 1. The highest BCUT2D eigenvalue weighted by molar-refractivity contribution is 5.95. The normalized spacial score (nSPS) is 23.3. The van der Waals surface area contributed by atoms with Crippen molar-refractivity contribution in [3.63, 3.8) is 0 Å². The van der Waals surface area contributed by atoms with Gasteiger partial charge in [-0.1, -0.05) is 6.07 Å². The highest BCUT2D eigenvalue weighted by atomic mass is 16.2. The molecule has 2 N–H and O–H groups in total. The molecule has 1 saturated heterocycles. The van der Waals surface area contributed by atoms with Crippen LogP contribution in [0.4, 0.5) is 5.69 Å². The number of carbonyl (C=O) groups excluding carboxylic acids is 1. The molecule has 1 aliphatic heterocycles. The van der Waals surface area contributed by atoms with Gasteiger partial charge in [0.05, 0.1) is 0 Å². The van der Waals surface area contributed by atoms with Crippen molar-refractivity contribution in [1.82, 2.24) is 4.90 Å². The van der Waals surface area contributed by atoms with Crippen LogP contribution < -0.4 is 10.6 Å². The van der Waals surface area contributed by atoms with Crippen molar-refractivity contribution in [1.29, 1.82) is 0 Å². The van der Waals surface area contributed by atoms with E-state index in [1.54, 1.807) is 0 Å². The van der Waals surface area contributed by atoms with Gasteiger partial charge in [0.15, 0.2) is 0 Å². The summed E-state index contributed by atoms with van der Waals surface area (Å²) in [5, 5.41) is 0. The maximum atomic E-state index is 12.6. The highest BCUT2D eigenvalue weighted by Crippen LogP contribution is 2.21. The fourth-order valence-corrected chi connectivity index (χ4v) is 2.59. The molecular weight excluding hydrogens is 238 g/mol. The number of hydrogen-bond acceptors (Lipinski definition) is 3. The molecule has 1 aromatic rings. The standard InChI is InChI=1S/C15H23N3O/c1-11-9-13(16)7-8-18(11)15(19)12-5-4-6-14(10-12)17(2)3/h4-6,10-11,13H,7-9,16H2,1-3H3. The van der Waals surface area contributed by atoms with Crippen molar-refractivity contribution >= 4 is 11.6 Å². The van der Waals surface area contributed by atoms with E-state index in [4.69, 9.17) is 5.73 Å². The molecule has 1 aromatic carbocycles. The molecular formula is C15H23N3O. The quantitative estimate of drug-likeness (QED) is 0.881. The third-order valence-electron chi connectivity index (χ3n) is 3.79. The Bertz CT molecular complexity index is 458. The minimum Gasteiger partial charge on any atom is -0.378 e. The van der Waals surface area contributed by atoms with Gasteiger partial charge in [0.2, 0.25) is 0 Å². The summed E-state index contributed by atoms with van der Waals surface area (Å²) in [5.41, 5.74) is 7.75. The number of anilines is 1. The van der Waals surface area contributed by atoms with E-state index in [9.17, 15) is 4.79 Å². The molecule has 2 rings (SSSR count). The number of piperidine rings is 1. The molecule has 4 nitrogen and oxygen atoms in total. The van der Waals surface area contributed by atoms with E-state index in [1.165, 1.54) is 0 Å². The molecule has 0 bridgehead atoms. The van der Waals surface area contributed by atoms with Crippen LogP contribution in [-0.4, -0.2) is 43.5 Å². The van der Waals surface area contributed by atoms with E-state index in [0.29, 0.717) is 0 Å². The number of benzene rings is 1. The lowest BCUT2D eigenvalue weighted by Gasteiger charge is -2.36. The first-order chi connectivity index (χ1) is 8.99. The molecule has 19 heavy (non-hydrogen) atoms.